The van der Waals surface area contributed by atoms with E-state index in [1.165, 1.54) is 23.5 Å². The molecule has 0 saturated carbocycles. The van der Waals surface area contributed by atoms with Crippen molar-refractivity contribution in [1.82, 2.24) is 9.55 Å². The first kappa shape index (κ1) is 14.5. The minimum atomic E-state index is -0.283. The zero-order valence-corrected chi connectivity index (χ0v) is 12.9. The number of nitrogens with one attached hydrogen (secondary N) is 1. The summed E-state index contributed by atoms with van der Waals surface area (Å²) in [7, 11) is 1.81. The second-order valence-corrected chi connectivity index (χ2v) is 6.09. The Labute approximate surface area is 131 Å². The highest BCUT2D eigenvalue weighted by Gasteiger charge is 2.14. The molecule has 2 heterocycles. The number of carbonyl (C=O) groups excluding carboxylic acids is 1. The van der Waals surface area contributed by atoms with Gasteiger partial charge in [0.25, 0.3) is 5.91 Å². The minimum Gasteiger partial charge on any atom is -0.347 e. The van der Waals surface area contributed by atoms with Crippen molar-refractivity contribution in [1.29, 1.82) is 0 Å². The molecule has 1 N–H and O–H groups in total. The predicted octanol–water partition coefficient (Wildman–Crippen LogP) is 3.85. The van der Waals surface area contributed by atoms with Crippen LogP contribution in [0.1, 0.15) is 15.4 Å². The molecule has 3 aromatic rings. The van der Waals surface area contributed by atoms with Gasteiger partial charge in [-0.2, -0.15) is 0 Å². The van der Waals surface area contributed by atoms with Gasteiger partial charge < -0.3 is 4.57 Å². The molecule has 0 aliphatic carbocycles. The van der Waals surface area contributed by atoms with Crippen molar-refractivity contribution in [2.24, 2.45) is 7.05 Å². The SMILES string of the molecule is Cc1sc(NC(=O)c2cccn2C)nc1-c1ccc(F)cc1. The Hall–Kier alpha value is -2.47. The predicted molar refractivity (Wildman–Crippen MR) is 85.6 cm³/mol. The number of aromatic nitrogens is 2. The van der Waals surface area contributed by atoms with Gasteiger partial charge in [-0.3, -0.25) is 10.1 Å². The molecule has 0 bridgehead atoms. The van der Waals surface area contributed by atoms with E-state index < -0.39 is 0 Å². The first-order chi connectivity index (χ1) is 10.5. The van der Waals surface area contributed by atoms with Gasteiger partial charge in [-0.1, -0.05) is 0 Å². The fourth-order valence-corrected chi connectivity index (χ4v) is 3.01. The first-order valence-corrected chi connectivity index (χ1v) is 7.52. The molecule has 0 radical (unpaired) electrons. The summed E-state index contributed by atoms with van der Waals surface area (Å²) in [5.41, 5.74) is 2.15. The van der Waals surface area contributed by atoms with Gasteiger partial charge in [0, 0.05) is 23.7 Å². The number of nitrogens with zero attached hydrogens (tertiary/aromatic N) is 2. The molecule has 22 heavy (non-hydrogen) atoms. The van der Waals surface area contributed by atoms with Crippen LogP contribution in [0.3, 0.4) is 0 Å². The van der Waals surface area contributed by atoms with Crippen LogP contribution >= 0.6 is 11.3 Å². The van der Waals surface area contributed by atoms with E-state index in [-0.39, 0.29) is 11.7 Å². The zero-order chi connectivity index (χ0) is 15.7. The third-order valence-electron chi connectivity index (χ3n) is 3.31. The molecule has 4 nitrogen and oxygen atoms in total. The number of carbonyl (C=O) groups is 1. The number of anilines is 1. The molecule has 0 fully saturated rings. The average Bonchev–Trinajstić information content (AvgIpc) is 3.06. The van der Waals surface area contributed by atoms with Crippen LogP contribution < -0.4 is 5.32 Å². The summed E-state index contributed by atoms with van der Waals surface area (Å²) in [6.07, 6.45) is 1.81. The van der Waals surface area contributed by atoms with Crippen molar-refractivity contribution in [2.45, 2.75) is 6.92 Å². The molecular formula is C16H14FN3OS. The van der Waals surface area contributed by atoms with E-state index in [0.29, 0.717) is 10.8 Å². The van der Waals surface area contributed by atoms with Crippen LogP contribution in [-0.4, -0.2) is 15.5 Å². The van der Waals surface area contributed by atoms with E-state index in [1.807, 2.05) is 26.2 Å². The standard InChI is InChI=1S/C16H14FN3OS/c1-10-14(11-5-7-12(17)8-6-11)18-16(22-10)19-15(21)13-4-3-9-20(13)2/h3-9H,1-2H3,(H,18,19,21). The number of halogens is 1. The summed E-state index contributed by atoms with van der Waals surface area (Å²) in [5.74, 6) is -0.485. The van der Waals surface area contributed by atoms with Gasteiger partial charge in [0.05, 0.1) is 5.69 Å². The minimum absolute atomic E-state index is 0.202. The number of rotatable bonds is 3. The number of amides is 1. The Morgan fingerprint density at radius 2 is 2.00 bits per heavy atom. The van der Waals surface area contributed by atoms with Gasteiger partial charge in [-0.05, 0) is 43.3 Å². The molecule has 1 aromatic carbocycles. The molecule has 0 saturated heterocycles. The lowest BCUT2D eigenvalue weighted by Gasteiger charge is -2.02. The molecule has 0 aliphatic rings. The summed E-state index contributed by atoms with van der Waals surface area (Å²) in [5, 5.41) is 3.33. The third-order valence-corrected chi connectivity index (χ3v) is 4.20. The van der Waals surface area contributed by atoms with E-state index in [4.69, 9.17) is 0 Å². The highest BCUT2D eigenvalue weighted by atomic mass is 32.1. The maximum absolute atomic E-state index is 13.0. The van der Waals surface area contributed by atoms with Crippen molar-refractivity contribution in [3.05, 3.63) is 59.0 Å². The lowest BCUT2D eigenvalue weighted by Crippen LogP contribution is -2.15. The van der Waals surface area contributed by atoms with E-state index in [9.17, 15) is 9.18 Å². The third kappa shape index (κ3) is 2.78. The van der Waals surface area contributed by atoms with Gasteiger partial charge in [-0.25, -0.2) is 9.37 Å². The van der Waals surface area contributed by atoms with Crippen molar-refractivity contribution in [2.75, 3.05) is 5.32 Å². The zero-order valence-electron chi connectivity index (χ0n) is 12.1. The molecule has 0 aliphatic heterocycles. The summed E-state index contributed by atoms with van der Waals surface area (Å²) in [6, 6.07) is 9.72. The van der Waals surface area contributed by atoms with Crippen molar-refractivity contribution >= 4 is 22.4 Å². The molecule has 0 unspecified atom stereocenters. The number of hydrogen-bond donors (Lipinski definition) is 1. The Bertz CT molecular complexity index is 820. The van der Waals surface area contributed by atoms with Gasteiger partial charge in [0.1, 0.15) is 11.5 Å². The fraction of sp³-hybridized carbons (Fsp3) is 0.125. The lowest BCUT2D eigenvalue weighted by molar-refractivity contribution is 0.101. The van der Waals surface area contributed by atoms with Crippen LogP contribution in [0.4, 0.5) is 9.52 Å². The quantitative estimate of drug-likeness (QED) is 0.798. The van der Waals surface area contributed by atoms with Crippen LogP contribution in [0.25, 0.3) is 11.3 Å². The maximum Gasteiger partial charge on any atom is 0.274 e. The van der Waals surface area contributed by atoms with E-state index in [0.717, 1.165) is 16.1 Å². The first-order valence-electron chi connectivity index (χ1n) is 6.70. The Balaban J connectivity index is 1.85. The Morgan fingerprint density at radius 3 is 2.64 bits per heavy atom. The molecule has 0 atom stereocenters. The topological polar surface area (TPSA) is 46.9 Å². The van der Waals surface area contributed by atoms with Gasteiger partial charge in [0.2, 0.25) is 0 Å². The lowest BCUT2D eigenvalue weighted by atomic mass is 10.1. The van der Waals surface area contributed by atoms with Gasteiger partial charge in [-0.15, -0.1) is 11.3 Å². The van der Waals surface area contributed by atoms with E-state index >= 15 is 0 Å². The van der Waals surface area contributed by atoms with Crippen LogP contribution in [0, 0.1) is 12.7 Å². The number of thiazole rings is 1. The maximum atomic E-state index is 13.0. The monoisotopic (exact) mass is 315 g/mol. The van der Waals surface area contributed by atoms with Crippen LogP contribution in [-0.2, 0) is 7.05 Å². The van der Waals surface area contributed by atoms with Crippen LogP contribution in [0.5, 0.6) is 0 Å². The molecule has 6 heteroatoms. The summed E-state index contributed by atoms with van der Waals surface area (Å²) < 4.78 is 14.7. The largest absolute Gasteiger partial charge is 0.347 e. The molecule has 2 aromatic heterocycles. The van der Waals surface area contributed by atoms with Crippen molar-refractivity contribution < 1.29 is 9.18 Å². The van der Waals surface area contributed by atoms with Crippen LogP contribution in [0.2, 0.25) is 0 Å². The smallest absolute Gasteiger partial charge is 0.274 e. The van der Waals surface area contributed by atoms with E-state index in [1.54, 1.807) is 22.8 Å². The summed E-state index contributed by atoms with van der Waals surface area (Å²) in [4.78, 5) is 17.6. The number of benzene rings is 1. The Morgan fingerprint density at radius 1 is 1.27 bits per heavy atom. The molecule has 1 amide bonds. The number of hydrogen-bond acceptors (Lipinski definition) is 3. The highest BCUT2D eigenvalue weighted by Crippen LogP contribution is 2.30. The summed E-state index contributed by atoms with van der Waals surface area (Å²) >= 11 is 1.40. The molecule has 0 spiro atoms. The number of aryl methyl sites for hydroxylation is 2. The second kappa shape index (κ2) is 5.73. The highest BCUT2D eigenvalue weighted by molar-refractivity contribution is 7.16. The molecule has 112 valence electrons. The fourth-order valence-electron chi connectivity index (χ4n) is 2.18. The molecule has 3 rings (SSSR count). The second-order valence-electron chi connectivity index (χ2n) is 4.89. The summed E-state index contributed by atoms with van der Waals surface area (Å²) in [6.45, 7) is 1.93. The Kier molecular flexibility index (Phi) is 3.77. The van der Waals surface area contributed by atoms with Crippen molar-refractivity contribution in [3.8, 4) is 11.3 Å². The van der Waals surface area contributed by atoms with Gasteiger partial charge >= 0.3 is 0 Å². The average molecular weight is 315 g/mol. The van der Waals surface area contributed by atoms with E-state index in [2.05, 4.69) is 10.3 Å². The normalized spacial score (nSPS) is 10.7. The van der Waals surface area contributed by atoms with Gasteiger partial charge in [0.15, 0.2) is 5.13 Å². The molecular weight excluding hydrogens is 301 g/mol. The van der Waals surface area contributed by atoms with Crippen LogP contribution in [0.15, 0.2) is 42.6 Å². The van der Waals surface area contributed by atoms with Crippen molar-refractivity contribution in [3.63, 3.8) is 0 Å².